The average Bonchev–Trinajstić information content (AvgIpc) is 2.64. The summed E-state index contributed by atoms with van der Waals surface area (Å²) in [5, 5.41) is 10.5. The summed E-state index contributed by atoms with van der Waals surface area (Å²) in [6, 6.07) is 5.03. The van der Waals surface area contributed by atoms with Crippen LogP contribution in [-0.2, 0) is 0 Å². The quantitative estimate of drug-likeness (QED) is 0.327. The van der Waals surface area contributed by atoms with Crippen LogP contribution in [0.1, 0.15) is 0 Å². The Balaban J connectivity index is 1.84. The van der Waals surface area contributed by atoms with Crippen LogP contribution in [0.25, 0.3) is 0 Å². The molecule has 0 amide bonds. The topological polar surface area (TPSA) is 65.8 Å². The lowest BCUT2D eigenvalue weighted by Gasteiger charge is -1.96. The minimum absolute atomic E-state index is 0.839. The van der Waals surface area contributed by atoms with Crippen molar-refractivity contribution in [3.8, 4) is 0 Å². The van der Waals surface area contributed by atoms with Gasteiger partial charge < -0.3 is 16.0 Å². The Bertz CT molecular complexity index is 129. The van der Waals surface area contributed by atoms with Gasteiger partial charge in [0, 0.05) is 36.3 Å². The number of nitrogens with one attached hydrogen (secondary N) is 3. The van der Waals surface area contributed by atoms with Crippen LogP contribution in [0.15, 0.2) is 0 Å². The summed E-state index contributed by atoms with van der Waals surface area (Å²) in [5.41, 5.74) is 0. The minimum atomic E-state index is 0.839. The standard InChI is InChI=1S/C6H9N3/c7-1-2(7)4-6(9-4)5-3(1)8-5/h1-9H. The first-order valence-corrected chi connectivity index (χ1v) is 3.73. The minimum Gasteiger partial charge on any atom is -0.305 e. The van der Waals surface area contributed by atoms with Crippen molar-refractivity contribution in [2.45, 2.75) is 36.3 Å². The fraction of sp³-hybridized carbons (Fsp3) is 1.00. The Morgan fingerprint density at radius 3 is 0.889 bits per heavy atom. The molecule has 3 heteroatoms. The molecule has 0 aromatic carbocycles. The predicted octanol–water partition coefficient (Wildman–Crippen LogP) is -1.98. The third-order valence-electron chi connectivity index (χ3n) is 3.15. The molecule has 4 aliphatic rings. The lowest BCUT2D eigenvalue weighted by molar-refractivity contribution is 0.732. The molecule has 9 heavy (non-hydrogen) atoms. The van der Waals surface area contributed by atoms with E-state index < -0.39 is 0 Å². The summed E-state index contributed by atoms with van der Waals surface area (Å²) in [6.45, 7) is 0. The summed E-state index contributed by atoms with van der Waals surface area (Å²) in [5.74, 6) is 0. The number of hydrogen-bond donors (Lipinski definition) is 3. The molecule has 0 bridgehead atoms. The smallest absolute Gasteiger partial charge is 0.0410 e. The van der Waals surface area contributed by atoms with Gasteiger partial charge in [-0.1, -0.05) is 0 Å². The molecule has 0 atom stereocenters. The van der Waals surface area contributed by atoms with Crippen LogP contribution >= 0.6 is 0 Å². The number of rotatable bonds is 0. The second-order valence-electron chi connectivity index (χ2n) is 3.65. The second-order valence-corrected chi connectivity index (χ2v) is 3.65. The fourth-order valence-electron chi connectivity index (χ4n) is 2.46. The van der Waals surface area contributed by atoms with Gasteiger partial charge in [0.2, 0.25) is 0 Å². The molecule has 0 aromatic heterocycles. The van der Waals surface area contributed by atoms with Crippen molar-refractivity contribution in [1.29, 1.82) is 0 Å². The average molecular weight is 123 g/mol. The van der Waals surface area contributed by atoms with Crippen molar-refractivity contribution >= 4 is 0 Å². The summed E-state index contributed by atoms with van der Waals surface area (Å²) in [7, 11) is 0. The van der Waals surface area contributed by atoms with Gasteiger partial charge in [-0.15, -0.1) is 0 Å². The lowest BCUT2D eigenvalue weighted by atomic mass is 10.0. The van der Waals surface area contributed by atoms with Crippen LogP contribution < -0.4 is 16.0 Å². The largest absolute Gasteiger partial charge is 0.305 e. The van der Waals surface area contributed by atoms with Crippen LogP contribution in [0.3, 0.4) is 0 Å². The molecule has 3 saturated heterocycles. The first kappa shape index (κ1) is 3.91. The third-order valence-corrected chi connectivity index (χ3v) is 3.15. The molecule has 0 aromatic rings. The van der Waals surface area contributed by atoms with Crippen molar-refractivity contribution in [2.24, 2.45) is 0 Å². The van der Waals surface area contributed by atoms with Gasteiger partial charge in [-0.2, -0.15) is 0 Å². The van der Waals surface area contributed by atoms with Crippen molar-refractivity contribution in [3.63, 3.8) is 0 Å². The lowest BCUT2D eigenvalue weighted by Crippen LogP contribution is -2.20. The molecule has 3 aliphatic heterocycles. The van der Waals surface area contributed by atoms with Crippen LogP contribution in [-0.4, -0.2) is 36.3 Å². The molecule has 0 unspecified atom stereocenters. The Morgan fingerprint density at radius 1 is 0.444 bits per heavy atom. The molecule has 3 nitrogen and oxygen atoms in total. The van der Waals surface area contributed by atoms with Crippen molar-refractivity contribution < 1.29 is 0 Å². The van der Waals surface area contributed by atoms with Gasteiger partial charge in [0.1, 0.15) is 0 Å². The molecule has 1 saturated carbocycles. The van der Waals surface area contributed by atoms with E-state index in [0.29, 0.717) is 0 Å². The van der Waals surface area contributed by atoms with E-state index in [1.807, 2.05) is 0 Å². The Kier molecular flexibility index (Phi) is 0.371. The first-order valence-electron chi connectivity index (χ1n) is 3.73. The van der Waals surface area contributed by atoms with E-state index in [1.54, 1.807) is 0 Å². The maximum atomic E-state index is 3.49. The van der Waals surface area contributed by atoms with E-state index in [0.717, 1.165) is 36.3 Å². The molecule has 4 rings (SSSR count). The molecular formula is C6H9N3. The van der Waals surface area contributed by atoms with Crippen molar-refractivity contribution in [3.05, 3.63) is 0 Å². The summed E-state index contributed by atoms with van der Waals surface area (Å²) < 4.78 is 0. The van der Waals surface area contributed by atoms with Crippen molar-refractivity contribution in [2.75, 3.05) is 0 Å². The fourth-order valence-corrected chi connectivity index (χ4v) is 2.46. The highest BCUT2D eigenvalue weighted by molar-refractivity contribution is 5.36. The Labute approximate surface area is 53.2 Å². The van der Waals surface area contributed by atoms with Crippen LogP contribution in [0.5, 0.6) is 0 Å². The number of hydrogen-bond acceptors (Lipinski definition) is 3. The maximum absolute atomic E-state index is 3.49. The van der Waals surface area contributed by atoms with E-state index >= 15 is 0 Å². The van der Waals surface area contributed by atoms with Crippen LogP contribution in [0.2, 0.25) is 0 Å². The summed E-state index contributed by atoms with van der Waals surface area (Å²) in [6.07, 6.45) is 0. The van der Waals surface area contributed by atoms with Crippen LogP contribution in [0.4, 0.5) is 0 Å². The monoisotopic (exact) mass is 123 g/mol. The molecule has 48 valence electrons. The van der Waals surface area contributed by atoms with Gasteiger partial charge in [0.15, 0.2) is 0 Å². The molecule has 0 spiro atoms. The zero-order valence-corrected chi connectivity index (χ0v) is 4.96. The Hall–Kier alpha value is -0.120. The SMILES string of the molecule is N1C2C3NC3C3NC3C12. The summed E-state index contributed by atoms with van der Waals surface area (Å²) in [4.78, 5) is 0. The molecule has 3 heterocycles. The van der Waals surface area contributed by atoms with Crippen molar-refractivity contribution in [1.82, 2.24) is 16.0 Å². The summed E-state index contributed by atoms with van der Waals surface area (Å²) >= 11 is 0. The number of fused-ring (bicyclic) bond motifs is 6. The van der Waals surface area contributed by atoms with Gasteiger partial charge in [-0.05, 0) is 0 Å². The van der Waals surface area contributed by atoms with Gasteiger partial charge >= 0.3 is 0 Å². The normalized spacial score (nSPS) is 80.0. The Morgan fingerprint density at radius 2 is 0.667 bits per heavy atom. The highest BCUT2D eigenvalue weighted by Gasteiger charge is 2.71. The van der Waals surface area contributed by atoms with E-state index in [2.05, 4.69) is 16.0 Å². The van der Waals surface area contributed by atoms with Gasteiger partial charge in [-0.3, -0.25) is 0 Å². The molecule has 4 fully saturated rings. The maximum Gasteiger partial charge on any atom is 0.0410 e. The molecule has 1 aliphatic carbocycles. The zero-order chi connectivity index (χ0) is 5.59. The molecular weight excluding hydrogens is 114 g/mol. The van der Waals surface area contributed by atoms with E-state index in [1.165, 1.54) is 0 Å². The molecule has 0 radical (unpaired) electrons. The first-order chi connectivity index (χ1) is 4.45. The van der Waals surface area contributed by atoms with Gasteiger partial charge in [0.25, 0.3) is 0 Å². The van der Waals surface area contributed by atoms with E-state index in [4.69, 9.17) is 0 Å². The van der Waals surface area contributed by atoms with E-state index in [9.17, 15) is 0 Å². The van der Waals surface area contributed by atoms with Gasteiger partial charge in [-0.25, -0.2) is 0 Å². The molecule has 3 N–H and O–H groups in total. The highest BCUT2D eigenvalue weighted by atomic mass is 15.4. The van der Waals surface area contributed by atoms with Gasteiger partial charge in [0.05, 0.1) is 0 Å². The predicted molar refractivity (Wildman–Crippen MR) is 32.1 cm³/mol. The zero-order valence-electron chi connectivity index (χ0n) is 4.96. The third kappa shape index (κ3) is 0.305. The highest BCUT2D eigenvalue weighted by Crippen LogP contribution is 2.44. The second kappa shape index (κ2) is 0.856. The van der Waals surface area contributed by atoms with Crippen LogP contribution in [0, 0.1) is 0 Å². The van der Waals surface area contributed by atoms with E-state index in [-0.39, 0.29) is 0 Å².